The van der Waals surface area contributed by atoms with Crippen LogP contribution in [0.2, 0.25) is 0 Å². The number of nitrogens with one attached hydrogen (secondary N) is 19. The van der Waals surface area contributed by atoms with Crippen LogP contribution in [0, 0.1) is 33.0 Å². The Kier molecular flexibility index (Phi) is 38.8. The van der Waals surface area contributed by atoms with Crippen molar-refractivity contribution in [1.82, 2.24) is 74.4 Å². The second kappa shape index (κ2) is 45.6. The van der Waals surface area contributed by atoms with Gasteiger partial charge in [-0.05, 0) is 99.8 Å². The molecule has 39 heteroatoms. The fourth-order valence-corrected chi connectivity index (χ4v) is 9.54. The molecule has 0 fully saturated rings. The van der Waals surface area contributed by atoms with Crippen molar-refractivity contribution in [1.29, 1.82) is 27.0 Å². The fourth-order valence-electron chi connectivity index (χ4n) is 9.54. The monoisotopic (exact) mass is 1400 g/mol. The van der Waals surface area contributed by atoms with Gasteiger partial charge in [-0.25, -0.2) is 4.79 Å². The Morgan fingerprint density at radius 2 is 0.646 bits per heavy atom. The number of benzene rings is 2. The van der Waals surface area contributed by atoms with Gasteiger partial charge >= 0.3 is 5.97 Å². The van der Waals surface area contributed by atoms with Crippen LogP contribution in [-0.4, -0.2) is 216 Å². The van der Waals surface area contributed by atoms with E-state index in [4.69, 9.17) is 61.4 Å². The van der Waals surface area contributed by atoms with Crippen molar-refractivity contribution in [2.75, 3.05) is 45.9 Å². The maximum Gasteiger partial charge on any atom is 0.326 e. The number of nitrogens with two attached hydrogens (primary N) is 6. The van der Waals surface area contributed by atoms with Crippen molar-refractivity contribution < 1.29 is 68.4 Å². The number of carbonyl (C=O) groups excluding carboxylic acids is 9. The number of aliphatic hydroxyl groups is 2. The quantitative estimate of drug-likeness (QED) is 0.0166. The van der Waals surface area contributed by atoms with E-state index < -0.39 is 151 Å². The summed E-state index contributed by atoms with van der Waals surface area (Å²) in [4.78, 5) is 139. The van der Waals surface area contributed by atoms with Crippen LogP contribution in [0.5, 0.6) is 5.75 Å². The highest BCUT2D eigenvalue weighted by Gasteiger charge is 2.36. The molecule has 550 valence electrons. The number of guanidine groups is 5. The van der Waals surface area contributed by atoms with E-state index in [9.17, 15) is 68.4 Å². The molecular weight excluding hydrogens is 1290 g/mol. The normalized spacial score (nSPS) is 13.9. The van der Waals surface area contributed by atoms with E-state index in [0.717, 1.165) is 0 Å². The number of carboxylic acids is 1. The molecule has 0 unspecified atom stereocenters. The Morgan fingerprint density at radius 3 is 0.990 bits per heavy atom. The van der Waals surface area contributed by atoms with Gasteiger partial charge in [-0.15, -0.1) is 0 Å². The van der Waals surface area contributed by atoms with Gasteiger partial charge in [0, 0.05) is 45.6 Å². The highest BCUT2D eigenvalue weighted by Crippen LogP contribution is 2.14. The lowest BCUT2D eigenvalue weighted by Crippen LogP contribution is -2.61. The topological polar surface area (TPSA) is 695 Å². The Labute approximate surface area is 572 Å². The van der Waals surface area contributed by atoms with E-state index in [1.165, 1.54) is 24.3 Å². The zero-order chi connectivity index (χ0) is 74.1. The highest BCUT2D eigenvalue weighted by molar-refractivity contribution is 5.99. The first-order valence-corrected chi connectivity index (χ1v) is 32.0. The van der Waals surface area contributed by atoms with E-state index in [0.29, 0.717) is 17.5 Å². The van der Waals surface area contributed by atoms with Crippen molar-refractivity contribution in [2.24, 2.45) is 40.3 Å². The molecular formula is C60H101N25O14. The van der Waals surface area contributed by atoms with Crippen molar-refractivity contribution >= 4 is 88.9 Å². The van der Waals surface area contributed by atoms with Crippen LogP contribution in [0.4, 0.5) is 0 Å². The summed E-state index contributed by atoms with van der Waals surface area (Å²) >= 11 is 0. The predicted octanol–water partition coefficient (Wildman–Crippen LogP) is -7.70. The smallest absolute Gasteiger partial charge is 0.326 e. The molecule has 2 aromatic rings. The van der Waals surface area contributed by atoms with E-state index in [-0.39, 0.29) is 133 Å². The Hall–Kier alpha value is -10.8. The standard InChI is InChI=1S/C60H101N25O14/c1-32(2)27-41(81-49(92)37(14-7-23-73-57(64)65)77-46(89)36(61)13-6-22-72-56(62)63)51(94)84-45(31-87)54(97)82-42(28-34-18-20-35(88)21-19-34)52(95)85-44(30-86)53(96)80-39(16-9-25-75-59(68)69)48(91)78-38(15-8-24-74-58(66)67)47(90)79-40(17-10-26-76-60(70)71)50(93)83-43(55(98)99)29-33-11-4-3-5-12-33/h3-5,11-12,18-21,32,36-45,86-88H,6-10,13-17,22-31,61H2,1-2H3,(H,77,89)(H,78,91)(H,79,90)(H,80,96)(H,81,92)(H,82,97)(H,83,93)(H,84,94)(H,85,95)(H,98,99)(H4,62,63,72)(H4,64,65,73)(H4,66,67,74)(H4,68,69,75)(H4,70,71,76)/t36-,37-,38-,39-,40-,41-,42-,43-,44-,45-/m0/s1. The van der Waals surface area contributed by atoms with Crippen molar-refractivity contribution in [3.8, 4) is 5.75 Å². The molecule has 0 aliphatic heterocycles. The predicted molar refractivity (Wildman–Crippen MR) is 364 cm³/mol. The minimum atomic E-state index is -1.91. The summed E-state index contributed by atoms with van der Waals surface area (Å²) in [6, 6.07) is -1.63. The van der Waals surface area contributed by atoms with Crippen molar-refractivity contribution in [3.63, 3.8) is 0 Å². The first-order chi connectivity index (χ1) is 46.8. The number of carbonyl (C=O) groups is 10. The van der Waals surface area contributed by atoms with E-state index in [1.54, 1.807) is 44.2 Å². The average Bonchev–Trinajstić information content (AvgIpc) is 0.881. The molecule has 99 heavy (non-hydrogen) atoms. The third kappa shape index (κ3) is 35.1. The zero-order valence-electron chi connectivity index (χ0n) is 55.5. The number of hydrogen-bond acceptors (Lipinski definition) is 19. The maximum atomic E-state index is 14.5. The van der Waals surface area contributed by atoms with E-state index >= 15 is 0 Å². The van der Waals surface area contributed by atoms with Crippen LogP contribution in [0.15, 0.2) is 54.6 Å². The molecule has 39 nitrogen and oxygen atoms in total. The SMILES string of the molecule is CC(C)C[C@H](NC(=O)[C@H](CCCNC(=N)N)NC(=O)[C@@H](N)CCCNC(=N)N)C(=O)N[C@@H](CO)C(=O)N[C@@H](Cc1ccc(O)cc1)C(=O)N[C@@H](CO)C(=O)N[C@@H](CCCNC(=N)N)C(=O)N[C@@H](CCCNC(=N)N)C(=O)N[C@@H](CCCNC(=N)N)C(=O)N[C@@H](Cc1ccccc1)C(=O)O. The van der Waals surface area contributed by atoms with Gasteiger partial charge in [-0.2, -0.15) is 0 Å². The second-order valence-electron chi connectivity index (χ2n) is 23.5. The summed E-state index contributed by atoms with van der Waals surface area (Å²) < 4.78 is 0. The molecule has 0 saturated carbocycles. The number of phenolic OH excluding ortho intramolecular Hbond substituents is 1. The van der Waals surface area contributed by atoms with Gasteiger partial charge in [-0.3, -0.25) is 70.2 Å². The number of hydrogen-bond donors (Lipinski definition) is 29. The fraction of sp³-hybridized carbons (Fsp3) is 0.550. The summed E-state index contributed by atoms with van der Waals surface area (Å²) in [7, 11) is 0. The molecule has 0 heterocycles. The third-order valence-corrected chi connectivity index (χ3v) is 14.7. The van der Waals surface area contributed by atoms with Gasteiger partial charge in [0.05, 0.1) is 19.3 Å². The van der Waals surface area contributed by atoms with E-state index in [2.05, 4.69) is 74.4 Å². The molecule has 9 amide bonds. The molecule has 2 rings (SSSR count). The van der Waals surface area contributed by atoms with Crippen LogP contribution in [0.3, 0.4) is 0 Å². The molecule has 35 N–H and O–H groups in total. The number of aliphatic hydroxyl groups excluding tert-OH is 2. The van der Waals surface area contributed by atoms with Crippen LogP contribution < -0.4 is 109 Å². The Bertz CT molecular complexity index is 3020. The molecule has 0 aliphatic rings. The molecule has 0 saturated heterocycles. The summed E-state index contributed by atoms with van der Waals surface area (Å²) in [6.07, 6.45) is -0.433. The lowest BCUT2D eigenvalue weighted by atomic mass is 10.0. The van der Waals surface area contributed by atoms with Gasteiger partial charge in [-0.1, -0.05) is 56.3 Å². The maximum absolute atomic E-state index is 14.5. The molecule has 0 spiro atoms. The van der Waals surface area contributed by atoms with Gasteiger partial charge < -0.3 is 129 Å². The van der Waals surface area contributed by atoms with Crippen molar-refractivity contribution in [3.05, 3.63) is 65.7 Å². The average molecular weight is 1400 g/mol. The van der Waals surface area contributed by atoms with Crippen LogP contribution in [0.25, 0.3) is 0 Å². The molecule has 2 aromatic carbocycles. The minimum Gasteiger partial charge on any atom is -0.508 e. The van der Waals surface area contributed by atoms with Crippen molar-refractivity contribution in [2.45, 2.75) is 158 Å². The minimum absolute atomic E-state index is 0.00273. The first kappa shape index (κ1) is 84.3. The van der Waals surface area contributed by atoms with Gasteiger partial charge in [0.1, 0.15) is 60.1 Å². The largest absolute Gasteiger partial charge is 0.508 e. The number of aliphatic carboxylic acids is 1. The first-order valence-electron chi connectivity index (χ1n) is 32.0. The highest BCUT2D eigenvalue weighted by atomic mass is 16.4. The molecule has 0 aromatic heterocycles. The third-order valence-electron chi connectivity index (χ3n) is 14.7. The second-order valence-corrected chi connectivity index (χ2v) is 23.5. The van der Waals surface area contributed by atoms with Crippen LogP contribution in [-0.2, 0) is 60.8 Å². The molecule has 10 atom stereocenters. The Balaban J connectivity index is 2.52. The van der Waals surface area contributed by atoms with Gasteiger partial charge in [0.25, 0.3) is 0 Å². The summed E-state index contributed by atoms with van der Waals surface area (Å²) in [5.41, 5.74) is 34.1. The lowest BCUT2D eigenvalue weighted by molar-refractivity contribution is -0.142. The Morgan fingerprint density at radius 1 is 0.374 bits per heavy atom. The van der Waals surface area contributed by atoms with E-state index in [1.807, 2.05) is 0 Å². The van der Waals surface area contributed by atoms with Gasteiger partial charge in [0.15, 0.2) is 29.8 Å². The number of carboxylic acid groups (broad SMARTS) is 1. The number of phenols is 1. The molecule has 0 bridgehead atoms. The van der Waals surface area contributed by atoms with Crippen LogP contribution in [0.1, 0.15) is 95.6 Å². The molecule has 0 radical (unpaired) electrons. The summed E-state index contributed by atoms with van der Waals surface area (Å²) in [6.45, 7) is 1.59. The number of aromatic hydroxyl groups is 1. The summed E-state index contributed by atoms with van der Waals surface area (Å²) in [5, 5.41) is 114. The zero-order valence-corrected chi connectivity index (χ0v) is 55.5. The molecule has 0 aliphatic carbocycles. The number of rotatable bonds is 47. The lowest BCUT2D eigenvalue weighted by Gasteiger charge is -2.28. The summed E-state index contributed by atoms with van der Waals surface area (Å²) in [5.74, 6) is -12.7. The van der Waals surface area contributed by atoms with Gasteiger partial charge in [0.2, 0.25) is 53.2 Å². The van der Waals surface area contributed by atoms with Crippen LogP contribution >= 0.6 is 0 Å². The number of amides is 9.